The highest BCUT2D eigenvalue weighted by atomic mass is 32.2. The van der Waals surface area contributed by atoms with Gasteiger partial charge in [-0.1, -0.05) is 18.2 Å². The lowest BCUT2D eigenvalue weighted by Gasteiger charge is -2.13. The normalized spacial score (nSPS) is 12.1. The van der Waals surface area contributed by atoms with Crippen molar-refractivity contribution in [3.05, 3.63) is 66.4 Å². The number of halogens is 3. The molecule has 0 aliphatic carbocycles. The number of nitrogens with zero attached hydrogens (tertiary/aromatic N) is 1. The Morgan fingerprint density at radius 1 is 0.960 bits per heavy atom. The molecule has 1 N–H and O–H groups in total. The van der Waals surface area contributed by atoms with Crippen molar-refractivity contribution in [3.63, 3.8) is 0 Å². The Bertz CT molecular complexity index is 984. The van der Waals surface area contributed by atoms with Gasteiger partial charge in [-0.2, -0.15) is 13.2 Å². The van der Waals surface area contributed by atoms with Gasteiger partial charge in [0.1, 0.15) is 4.21 Å². The summed E-state index contributed by atoms with van der Waals surface area (Å²) < 4.78 is 65.8. The van der Waals surface area contributed by atoms with Crippen LogP contribution in [0.4, 0.5) is 18.9 Å². The quantitative estimate of drug-likeness (QED) is 0.714. The van der Waals surface area contributed by atoms with Crippen molar-refractivity contribution in [2.45, 2.75) is 10.4 Å². The lowest BCUT2D eigenvalue weighted by molar-refractivity contribution is -0.136. The van der Waals surface area contributed by atoms with Gasteiger partial charge in [-0.15, -0.1) is 11.3 Å². The molecule has 1 aromatic carbocycles. The van der Waals surface area contributed by atoms with Crippen LogP contribution in [0.25, 0.3) is 10.6 Å². The molecule has 4 nitrogen and oxygen atoms in total. The summed E-state index contributed by atoms with van der Waals surface area (Å²) in [6, 6.07) is 12.5. The first kappa shape index (κ1) is 17.4. The third-order valence-corrected chi connectivity index (χ3v) is 6.21. The molecule has 0 saturated carbocycles. The van der Waals surface area contributed by atoms with Crippen LogP contribution < -0.4 is 4.72 Å². The summed E-state index contributed by atoms with van der Waals surface area (Å²) in [7, 11) is -4.14. The molecule has 0 radical (unpaired) electrons. The molecule has 0 atom stereocenters. The molecule has 2 aromatic heterocycles. The highest BCUT2D eigenvalue weighted by molar-refractivity contribution is 7.94. The van der Waals surface area contributed by atoms with Gasteiger partial charge in [-0.05, 0) is 36.4 Å². The summed E-state index contributed by atoms with van der Waals surface area (Å²) in [6.45, 7) is 0. The minimum Gasteiger partial charge on any atom is -0.278 e. The molecule has 2 heterocycles. The van der Waals surface area contributed by atoms with E-state index in [1.54, 1.807) is 30.5 Å². The van der Waals surface area contributed by atoms with Gasteiger partial charge < -0.3 is 0 Å². The van der Waals surface area contributed by atoms with E-state index in [1.165, 1.54) is 18.2 Å². The number of benzene rings is 1. The van der Waals surface area contributed by atoms with Crippen molar-refractivity contribution < 1.29 is 21.6 Å². The Hall–Kier alpha value is -2.39. The number of rotatable bonds is 4. The van der Waals surface area contributed by atoms with E-state index in [9.17, 15) is 21.6 Å². The minimum atomic E-state index is -4.66. The molecular formula is C16H11F3N2O2S2. The molecule has 25 heavy (non-hydrogen) atoms. The number of thiophene rings is 1. The number of anilines is 1. The number of aromatic nitrogens is 1. The Balaban J connectivity index is 1.93. The highest BCUT2D eigenvalue weighted by Gasteiger charge is 2.34. The number of pyridine rings is 1. The van der Waals surface area contributed by atoms with Crippen molar-refractivity contribution >= 4 is 27.0 Å². The van der Waals surface area contributed by atoms with Crippen LogP contribution in [-0.2, 0) is 16.2 Å². The number of alkyl halides is 3. The average Bonchev–Trinajstić information content (AvgIpc) is 3.06. The summed E-state index contributed by atoms with van der Waals surface area (Å²) in [4.78, 5) is 4.72. The second-order valence-electron chi connectivity index (χ2n) is 4.98. The average molecular weight is 384 g/mol. The molecule has 0 unspecified atom stereocenters. The maximum absolute atomic E-state index is 13.0. The second kappa shape index (κ2) is 6.49. The van der Waals surface area contributed by atoms with Gasteiger partial charge in [0, 0.05) is 6.20 Å². The highest BCUT2D eigenvalue weighted by Crippen LogP contribution is 2.36. The lowest BCUT2D eigenvalue weighted by atomic mass is 10.2. The minimum absolute atomic E-state index is 0.0925. The maximum Gasteiger partial charge on any atom is 0.418 e. The van der Waals surface area contributed by atoms with Crippen molar-refractivity contribution in [2.75, 3.05) is 4.72 Å². The third-order valence-electron chi connectivity index (χ3n) is 3.24. The molecular weight excluding hydrogens is 373 g/mol. The maximum atomic E-state index is 13.0. The van der Waals surface area contributed by atoms with E-state index in [2.05, 4.69) is 4.98 Å². The molecule has 0 spiro atoms. The van der Waals surface area contributed by atoms with E-state index < -0.39 is 27.5 Å². The standard InChI is InChI=1S/C16H11F3N2O2S2/c17-16(18,19)11-5-1-2-6-12(11)21-25(22,23)15-9-8-14(24-15)13-7-3-4-10-20-13/h1-10,21H. The summed E-state index contributed by atoms with van der Waals surface area (Å²) in [6.07, 6.45) is -3.09. The smallest absolute Gasteiger partial charge is 0.278 e. The molecule has 0 bridgehead atoms. The molecule has 0 amide bonds. The van der Waals surface area contributed by atoms with Crippen molar-refractivity contribution in [1.82, 2.24) is 4.98 Å². The van der Waals surface area contributed by atoms with Crippen LogP contribution in [-0.4, -0.2) is 13.4 Å². The van der Waals surface area contributed by atoms with Gasteiger partial charge in [-0.25, -0.2) is 8.42 Å². The monoisotopic (exact) mass is 384 g/mol. The molecule has 3 rings (SSSR count). The zero-order valence-corrected chi connectivity index (χ0v) is 14.1. The van der Waals surface area contributed by atoms with Gasteiger partial charge in [-0.3, -0.25) is 9.71 Å². The first-order valence-electron chi connectivity index (χ1n) is 6.98. The Morgan fingerprint density at radius 3 is 2.36 bits per heavy atom. The largest absolute Gasteiger partial charge is 0.418 e. The van der Waals surface area contributed by atoms with Gasteiger partial charge >= 0.3 is 6.18 Å². The predicted octanol–water partition coefficient (Wildman–Crippen LogP) is 4.63. The van der Waals surface area contributed by atoms with Crippen molar-refractivity contribution in [2.24, 2.45) is 0 Å². The van der Waals surface area contributed by atoms with Gasteiger partial charge in [0.25, 0.3) is 10.0 Å². The van der Waals surface area contributed by atoms with E-state index >= 15 is 0 Å². The second-order valence-corrected chi connectivity index (χ2v) is 7.98. The molecule has 130 valence electrons. The van der Waals surface area contributed by atoms with Crippen LogP contribution in [0, 0.1) is 0 Å². The lowest BCUT2D eigenvalue weighted by Crippen LogP contribution is -2.16. The number of sulfonamides is 1. The fraction of sp³-hybridized carbons (Fsp3) is 0.0625. The van der Waals surface area contributed by atoms with E-state index in [0.717, 1.165) is 23.5 Å². The predicted molar refractivity (Wildman–Crippen MR) is 89.8 cm³/mol. The number of para-hydroxylation sites is 1. The molecule has 0 fully saturated rings. The third kappa shape index (κ3) is 3.83. The SMILES string of the molecule is O=S(=O)(Nc1ccccc1C(F)(F)F)c1ccc(-c2ccccn2)s1. The summed E-state index contributed by atoms with van der Waals surface area (Å²) in [5.74, 6) is 0. The Morgan fingerprint density at radius 2 is 1.68 bits per heavy atom. The number of nitrogens with one attached hydrogen (secondary N) is 1. The Labute approximate surface area is 146 Å². The zero-order chi connectivity index (χ0) is 18.1. The topological polar surface area (TPSA) is 59.1 Å². The summed E-state index contributed by atoms with van der Waals surface area (Å²) >= 11 is 0.931. The number of hydrogen-bond donors (Lipinski definition) is 1. The van der Waals surface area contributed by atoms with Gasteiger partial charge in [0.05, 0.1) is 21.8 Å². The van der Waals surface area contributed by atoms with Gasteiger partial charge in [0.15, 0.2) is 0 Å². The first-order valence-corrected chi connectivity index (χ1v) is 9.27. The first-order chi connectivity index (χ1) is 11.8. The van der Waals surface area contributed by atoms with Crippen molar-refractivity contribution in [3.8, 4) is 10.6 Å². The number of hydrogen-bond acceptors (Lipinski definition) is 4. The summed E-state index contributed by atoms with van der Waals surface area (Å²) in [5, 5.41) is 0. The molecule has 0 aliphatic heterocycles. The zero-order valence-electron chi connectivity index (χ0n) is 12.5. The van der Waals surface area contributed by atoms with Crippen LogP contribution in [0.1, 0.15) is 5.56 Å². The molecule has 3 aromatic rings. The fourth-order valence-corrected chi connectivity index (χ4v) is 4.49. The van der Waals surface area contributed by atoms with E-state index in [4.69, 9.17) is 0 Å². The van der Waals surface area contributed by atoms with E-state index in [0.29, 0.717) is 10.6 Å². The molecule has 9 heteroatoms. The van der Waals surface area contributed by atoms with E-state index in [1.807, 2.05) is 4.72 Å². The fourth-order valence-electron chi connectivity index (χ4n) is 2.13. The van der Waals surface area contributed by atoms with E-state index in [-0.39, 0.29) is 4.21 Å². The van der Waals surface area contributed by atoms with Crippen LogP contribution in [0.15, 0.2) is 65.0 Å². The van der Waals surface area contributed by atoms with Crippen molar-refractivity contribution in [1.29, 1.82) is 0 Å². The van der Waals surface area contributed by atoms with Crippen LogP contribution in [0.3, 0.4) is 0 Å². The summed E-state index contributed by atoms with van der Waals surface area (Å²) in [5.41, 5.74) is -0.965. The van der Waals surface area contributed by atoms with Crippen LogP contribution >= 0.6 is 11.3 Å². The van der Waals surface area contributed by atoms with Crippen LogP contribution in [0.2, 0.25) is 0 Å². The molecule has 0 aliphatic rings. The Kier molecular flexibility index (Phi) is 4.53. The van der Waals surface area contributed by atoms with Crippen LogP contribution in [0.5, 0.6) is 0 Å². The molecule has 0 saturated heterocycles. The van der Waals surface area contributed by atoms with Gasteiger partial charge in [0.2, 0.25) is 0 Å².